The molecule has 0 saturated heterocycles. The highest BCUT2D eigenvalue weighted by atomic mass is 35.5. The molecule has 110 valence electrons. The minimum Gasteiger partial charge on any atom is -0.460 e. The van der Waals surface area contributed by atoms with Crippen molar-refractivity contribution in [1.29, 1.82) is 0 Å². The molecule has 1 rings (SSSR count). The van der Waals surface area contributed by atoms with Crippen molar-refractivity contribution in [3.05, 3.63) is 44.0 Å². The van der Waals surface area contributed by atoms with Gasteiger partial charge in [0.2, 0.25) is 0 Å². The first-order valence-corrected chi connectivity index (χ1v) is 5.16. The molecule has 9 nitrogen and oxygen atoms in total. The number of hydrogen-bond acceptors (Lipinski definition) is 7. The minimum atomic E-state index is -0.839. The first kappa shape index (κ1) is 17.7. The van der Waals surface area contributed by atoms with Gasteiger partial charge in [-0.15, -0.1) is 12.4 Å². The maximum Gasteiger partial charge on any atom is 0.322 e. The van der Waals surface area contributed by atoms with Crippen LogP contribution in [-0.2, 0) is 16.1 Å². The Morgan fingerprint density at radius 2 is 1.70 bits per heavy atom. The van der Waals surface area contributed by atoms with Gasteiger partial charge in [0.05, 0.1) is 15.9 Å². The van der Waals surface area contributed by atoms with E-state index in [-0.39, 0.29) is 24.6 Å². The van der Waals surface area contributed by atoms with Gasteiger partial charge in [0, 0.05) is 17.7 Å². The van der Waals surface area contributed by atoms with E-state index in [1.165, 1.54) is 6.92 Å². The zero-order chi connectivity index (χ0) is 14.6. The first-order chi connectivity index (χ1) is 8.81. The fourth-order valence-corrected chi connectivity index (χ4v) is 1.24. The predicted molar refractivity (Wildman–Crippen MR) is 70.4 cm³/mol. The highest BCUT2D eigenvalue weighted by Gasteiger charge is 2.17. The van der Waals surface area contributed by atoms with E-state index in [1.54, 1.807) is 0 Å². The Morgan fingerprint density at radius 3 is 2.05 bits per heavy atom. The molecule has 2 N–H and O–H groups in total. The number of carbonyl (C=O) groups is 1. The Morgan fingerprint density at radius 1 is 1.25 bits per heavy atom. The van der Waals surface area contributed by atoms with Crippen molar-refractivity contribution >= 4 is 29.8 Å². The Bertz CT molecular complexity index is 501. The van der Waals surface area contributed by atoms with Crippen LogP contribution >= 0.6 is 12.4 Å². The number of nitrogens with zero attached hydrogens (tertiary/aromatic N) is 2. The van der Waals surface area contributed by atoms with E-state index in [0.29, 0.717) is 0 Å². The summed E-state index contributed by atoms with van der Waals surface area (Å²) in [6.07, 6.45) is 0. The van der Waals surface area contributed by atoms with Gasteiger partial charge in [-0.2, -0.15) is 0 Å². The Labute approximate surface area is 119 Å². The van der Waals surface area contributed by atoms with Crippen LogP contribution in [0.15, 0.2) is 18.2 Å². The molecule has 0 heterocycles. The lowest BCUT2D eigenvalue weighted by atomic mass is 10.2. The third-order valence-electron chi connectivity index (χ3n) is 2.14. The molecule has 0 amide bonds. The number of rotatable bonds is 5. The quantitative estimate of drug-likeness (QED) is 0.491. The van der Waals surface area contributed by atoms with Gasteiger partial charge in [0.1, 0.15) is 12.6 Å². The largest absolute Gasteiger partial charge is 0.460 e. The molecule has 0 aliphatic heterocycles. The normalized spacial score (nSPS) is 11.1. The predicted octanol–water partition coefficient (Wildman–Crippen LogP) is 1.32. The van der Waals surface area contributed by atoms with E-state index in [9.17, 15) is 25.0 Å². The number of ether oxygens (including phenoxy) is 1. The summed E-state index contributed by atoms with van der Waals surface area (Å²) in [6, 6.07) is 2.19. The number of nitro benzene ring substituents is 2. The minimum absolute atomic E-state index is 0. The SMILES string of the molecule is C[C@H](N)C(=O)OCc1cc([N+](=O)[O-])cc([N+](=O)[O-])c1.Cl. The second-order valence-electron chi connectivity index (χ2n) is 3.77. The fourth-order valence-electron chi connectivity index (χ4n) is 1.24. The number of hydrogen-bond donors (Lipinski definition) is 1. The van der Waals surface area contributed by atoms with Gasteiger partial charge in [-0.1, -0.05) is 0 Å². The van der Waals surface area contributed by atoms with Crippen LogP contribution in [0.3, 0.4) is 0 Å². The average molecular weight is 306 g/mol. The second-order valence-corrected chi connectivity index (χ2v) is 3.77. The lowest BCUT2D eigenvalue weighted by molar-refractivity contribution is -0.394. The summed E-state index contributed by atoms with van der Waals surface area (Å²) in [4.78, 5) is 30.9. The number of non-ortho nitro benzene ring substituents is 2. The van der Waals surface area contributed by atoms with Gasteiger partial charge in [-0.25, -0.2) is 0 Å². The fraction of sp³-hybridized carbons (Fsp3) is 0.300. The van der Waals surface area contributed by atoms with Gasteiger partial charge < -0.3 is 10.5 Å². The number of nitrogens with two attached hydrogens (primary N) is 1. The van der Waals surface area contributed by atoms with Crippen LogP contribution in [-0.4, -0.2) is 21.9 Å². The molecular formula is C10H12ClN3O6. The molecule has 0 radical (unpaired) electrons. The van der Waals surface area contributed by atoms with Gasteiger partial charge in [0.15, 0.2) is 0 Å². The number of esters is 1. The Balaban J connectivity index is 0.00000361. The molecule has 1 aromatic rings. The number of nitro groups is 2. The van der Waals surface area contributed by atoms with Crippen molar-refractivity contribution in [2.75, 3.05) is 0 Å². The van der Waals surface area contributed by atoms with Crippen molar-refractivity contribution in [3.63, 3.8) is 0 Å². The van der Waals surface area contributed by atoms with Crippen LogP contribution in [0.5, 0.6) is 0 Å². The van der Waals surface area contributed by atoms with Crippen LogP contribution in [0.4, 0.5) is 11.4 Å². The number of carbonyl (C=O) groups excluding carboxylic acids is 1. The molecule has 0 unspecified atom stereocenters. The van der Waals surface area contributed by atoms with Crippen molar-refractivity contribution in [2.45, 2.75) is 19.6 Å². The van der Waals surface area contributed by atoms with Crippen molar-refractivity contribution in [3.8, 4) is 0 Å². The van der Waals surface area contributed by atoms with Crippen molar-refractivity contribution in [1.82, 2.24) is 0 Å². The van der Waals surface area contributed by atoms with Gasteiger partial charge in [0.25, 0.3) is 11.4 Å². The molecule has 1 aromatic carbocycles. The zero-order valence-electron chi connectivity index (χ0n) is 10.3. The summed E-state index contributed by atoms with van der Waals surface area (Å²) >= 11 is 0. The third-order valence-corrected chi connectivity index (χ3v) is 2.14. The molecule has 1 atom stereocenters. The van der Waals surface area contributed by atoms with Crippen LogP contribution < -0.4 is 5.73 Å². The molecule has 0 aromatic heterocycles. The third kappa shape index (κ3) is 4.78. The topological polar surface area (TPSA) is 139 Å². The molecule has 0 aliphatic rings. The summed E-state index contributed by atoms with van der Waals surface area (Å²) in [5.41, 5.74) is 4.53. The van der Waals surface area contributed by atoms with Gasteiger partial charge in [-0.3, -0.25) is 25.0 Å². The first-order valence-electron chi connectivity index (χ1n) is 5.16. The summed E-state index contributed by atoms with van der Waals surface area (Å²) in [5.74, 6) is -0.700. The van der Waals surface area contributed by atoms with E-state index in [1.807, 2.05) is 0 Å². The van der Waals surface area contributed by atoms with Gasteiger partial charge in [-0.05, 0) is 6.92 Å². The molecule has 0 spiro atoms. The lowest BCUT2D eigenvalue weighted by Gasteiger charge is -2.07. The highest BCUT2D eigenvalue weighted by molar-refractivity contribution is 5.85. The zero-order valence-corrected chi connectivity index (χ0v) is 11.2. The standard InChI is InChI=1S/C10H11N3O6.ClH/c1-6(11)10(14)19-5-7-2-8(12(15)16)4-9(3-7)13(17)18;/h2-4,6H,5,11H2,1H3;1H/t6-;/m0./s1. The van der Waals surface area contributed by atoms with Gasteiger partial charge >= 0.3 is 5.97 Å². The average Bonchev–Trinajstić information content (AvgIpc) is 2.35. The molecular weight excluding hydrogens is 294 g/mol. The maximum absolute atomic E-state index is 11.1. The monoisotopic (exact) mass is 305 g/mol. The molecule has 10 heteroatoms. The molecule has 20 heavy (non-hydrogen) atoms. The second kappa shape index (κ2) is 7.36. The van der Waals surface area contributed by atoms with E-state index < -0.39 is 33.2 Å². The molecule has 0 saturated carbocycles. The van der Waals surface area contributed by atoms with E-state index in [2.05, 4.69) is 0 Å². The number of benzene rings is 1. The lowest BCUT2D eigenvalue weighted by Crippen LogP contribution is -2.28. The summed E-state index contributed by atoms with van der Waals surface area (Å²) in [5, 5.41) is 21.3. The molecule has 0 aliphatic carbocycles. The summed E-state index contributed by atoms with van der Waals surface area (Å²) in [7, 11) is 0. The summed E-state index contributed by atoms with van der Waals surface area (Å²) < 4.78 is 4.75. The maximum atomic E-state index is 11.1. The Kier molecular flexibility index (Phi) is 6.53. The van der Waals surface area contributed by atoms with Crippen molar-refractivity contribution < 1.29 is 19.4 Å². The van der Waals surface area contributed by atoms with Crippen LogP contribution in [0.1, 0.15) is 12.5 Å². The highest BCUT2D eigenvalue weighted by Crippen LogP contribution is 2.23. The van der Waals surface area contributed by atoms with Crippen molar-refractivity contribution in [2.24, 2.45) is 5.73 Å². The summed E-state index contributed by atoms with van der Waals surface area (Å²) in [6.45, 7) is 1.10. The van der Waals surface area contributed by atoms with E-state index >= 15 is 0 Å². The number of halogens is 1. The Hall–Kier alpha value is -2.26. The van der Waals surface area contributed by atoms with Crippen LogP contribution in [0.2, 0.25) is 0 Å². The molecule has 0 fully saturated rings. The van der Waals surface area contributed by atoms with Crippen LogP contribution in [0.25, 0.3) is 0 Å². The van der Waals surface area contributed by atoms with E-state index in [4.69, 9.17) is 10.5 Å². The van der Waals surface area contributed by atoms with E-state index in [0.717, 1.165) is 18.2 Å². The van der Waals surface area contributed by atoms with Crippen LogP contribution in [0, 0.1) is 20.2 Å². The smallest absolute Gasteiger partial charge is 0.322 e. The molecule has 0 bridgehead atoms.